The van der Waals surface area contributed by atoms with Crippen LogP contribution in [-0.4, -0.2) is 32.5 Å². The molecular weight excluding hydrogens is 329 g/mol. The van der Waals surface area contributed by atoms with Gasteiger partial charge in [0.15, 0.2) is 0 Å². The largest absolute Gasteiger partial charge is 0.494 e. The minimum Gasteiger partial charge on any atom is -0.494 e. The summed E-state index contributed by atoms with van der Waals surface area (Å²) in [7, 11) is 2.90. The van der Waals surface area contributed by atoms with Crippen LogP contribution in [0.1, 0.15) is 27.7 Å². The molecule has 0 radical (unpaired) electrons. The van der Waals surface area contributed by atoms with E-state index in [0.29, 0.717) is 0 Å². The quantitative estimate of drug-likeness (QED) is 0.604. The number of benzene rings is 2. The molecule has 0 bridgehead atoms. The average Bonchev–Trinajstić information content (AvgIpc) is 2.84. The fraction of sp³-hybridized carbons (Fsp3) is 0.400. The van der Waals surface area contributed by atoms with Crippen molar-refractivity contribution in [1.29, 1.82) is 0 Å². The standard InChI is InChI=1S/C20H26BNO4/c1-19(2)20(3,4)26-21(25-19)15-11-13-16(14-12-15)22(24-6)17-9-7-8-10-18(17)23-5/h7-14H,1-6H3. The van der Waals surface area contributed by atoms with E-state index in [2.05, 4.69) is 27.7 Å². The summed E-state index contributed by atoms with van der Waals surface area (Å²) in [6.07, 6.45) is 0. The molecule has 2 aromatic rings. The number of anilines is 2. The van der Waals surface area contributed by atoms with E-state index in [1.807, 2.05) is 48.5 Å². The first kappa shape index (κ1) is 18.8. The molecule has 1 heterocycles. The van der Waals surface area contributed by atoms with Gasteiger partial charge in [-0.05, 0) is 57.4 Å². The number of hydrogen-bond donors (Lipinski definition) is 0. The van der Waals surface area contributed by atoms with Crippen LogP contribution < -0.4 is 15.3 Å². The minimum absolute atomic E-state index is 0.355. The van der Waals surface area contributed by atoms with Crippen molar-refractivity contribution in [3.05, 3.63) is 48.5 Å². The molecule has 0 aliphatic carbocycles. The first-order valence-corrected chi connectivity index (χ1v) is 8.72. The highest BCUT2D eigenvalue weighted by Crippen LogP contribution is 2.37. The Labute approximate surface area is 155 Å². The zero-order valence-corrected chi connectivity index (χ0v) is 16.3. The summed E-state index contributed by atoms with van der Waals surface area (Å²) in [5.74, 6) is 0.740. The lowest BCUT2D eigenvalue weighted by Crippen LogP contribution is -2.41. The predicted octanol–water partition coefficient (Wildman–Crippen LogP) is 3.69. The lowest BCUT2D eigenvalue weighted by molar-refractivity contribution is 0.00578. The second-order valence-electron chi connectivity index (χ2n) is 7.33. The van der Waals surface area contributed by atoms with Crippen LogP contribution in [0.5, 0.6) is 5.75 Å². The molecule has 26 heavy (non-hydrogen) atoms. The van der Waals surface area contributed by atoms with Gasteiger partial charge in [-0.2, -0.15) is 0 Å². The van der Waals surface area contributed by atoms with Crippen molar-refractivity contribution >= 4 is 24.0 Å². The summed E-state index contributed by atoms with van der Waals surface area (Å²) in [6, 6.07) is 15.7. The summed E-state index contributed by atoms with van der Waals surface area (Å²) < 4.78 is 17.7. The SMILES string of the molecule is COc1ccccc1N(OC)c1ccc(B2OC(C)(C)C(C)(C)O2)cc1. The van der Waals surface area contributed by atoms with Gasteiger partial charge in [0.05, 0.1) is 31.1 Å². The van der Waals surface area contributed by atoms with Crippen molar-refractivity contribution in [2.75, 3.05) is 19.3 Å². The molecule has 5 nitrogen and oxygen atoms in total. The Balaban J connectivity index is 1.85. The van der Waals surface area contributed by atoms with E-state index >= 15 is 0 Å². The monoisotopic (exact) mass is 355 g/mol. The lowest BCUT2D eigenvalue weighted by Gasteiger charge is -2.32. The molecular formula is C20H26BNO4. The fourth-order valence-electron chi connectivity index (χ4n) is 2.89. The molecule has 0 aromatic heterocycles. The summed E-state index contributed by atoms with van der Waals surface area (Å²) in [6.45, 7) is 8.21. The maximum Gasteiger partial charge on any atom is 0.494 e. The summed E-state index contributed by atoms with van der Waals surface area (Å²) in [4.78, 5) is 5.59. The topological polar surface area (TPSA) is 40.2 Å². The highest BCUT2D eigenvalue weighted by Gasteiger charge is 2.51. The van der Waals surface area contributed by atoms with Crippen molar-refractivity contribution in [2.45, 2.75) is 38.9 Å². The van der Waals surface area contributed by atoms with E-state index in [1.54, 1.807) is 19.3 Å². The molecule has 3 rings (SSSR count). The molecule has 0 saturated carbocycles. The molecule has 2 aromatic carbocycles. The van der Waals surface area contributed by atoms with Crippen LogP contribution in [0.4, 0.5) is 11.4 Å². The first-order chi connectivity index (χ1) is 12.3. The smallest absolute Gasteiger partial charge is 0.494 e. The lowest BCUT2D eigenvalue weighted by atomic mass is 9.79. The van der Waals surface area contributed by atoms with E-state index in [1.165, 1.54) is 0 Å². The summed E-state index contributed by atoms with van der Waals surface area (Å²) >= 11 is 0. The minimum atomic E-state index is -0.378. The Morgan fingerprint density at radius 1 is 0.846 bits per heavy atom. The molecule has 0 atom stereocenters. The molecule has 0 N–H and O–H groups in total. The number of nitrogens with zero attached hydrogens (tertiary/aromatic N) is 1. The third-order valence-corrected chi connectivity index (χ3v) is 5.14. The third kappa shape index (κ3) is 3.32. The molecule has 138 valence electrons. The fourth-order valence-corrected chi connectivity index (χ4v) is 2.89. The van der Waals surface area contributed by atoms with Gasteiger partial charge in [0.25, 0.3) is 0 Å². The van der Waals surface area contributed by atoms with Crippen molar-refractivity contribution in [3.8, 4) is 5.75 Å². The highest BCUT2D eigenvalue weighted by atomic mass is 16.7. The van der Waals surface area contributed by atoms with E-state index in [9.17, 15) is 0 Å². The molecule has 1 saturated heterocycles. The van der Waals surface area contributed by atoms with Crippen LogP contribution in [0.25, 0.3) is 0 Å². The molecule has 1 aliphatic heterocycles. The van der Waals surface area contributed by atoms with Gasteiger partial charge in [0.2, 0.25) is 0 Å². The molecule has 0 spiro atoms. The van der Waals surface area contributed by atoms with Gasteiger partial charge in [0, 0.05) is 0 Å². The molecule has 1 aliphatic rings. The van der Waals surface area contributed by atoms with Crippen LogP contribution in [0, 0.1) is 0 Å². The molecule has 6 heteroatoms. The highest BCUT2D eigenvalue weighted by molar-refractivity contribution is 6.62. The van der Waals surface area contributed by atoms with Crippen LogP contribution in [0.15, 0.2) is 48.5 Å². The van der Waals surface area contributed by atoms with Crippen LogP contribution in [-0.2, 0) is 14.1 Å². The Morgan fingerprint density at radius 3 is 1.96 bits per heavy atom. The number of rotatable bonds is 5. The van der Waals surface area contributed by atoms with Gasteiger partial charge in [-0.3, -0.25) is 4.84 Å². The van der Waals surface area contributed by atoms with Gasteiger partial charge in [-0.25, -0.2) is 5.06 Å². The Bertz CT molecular complexity index is 745. The second kappa shape index (κ2) is 6.95. The third-order valence-electron chi connectivity index (χ3n) is 5.14. The summed E-state index contributed by atoms with van der Waals surface area (Å²) in [5, 5.41) is 1.73. The second-order valence-corrected chi connectivity index (χ2v) is 7.33. The number of ether oxygens (including phenoxy) is 1. The van der Waals surface area contributed by atoms with E-state index in [-0.39, 0.29) is 18.3 Å². The van der Waals surface area contributed by atoms with Crippen molar-refractivity contribution in [3.63, 3.8) is 0 Å². The normalized spacial score (nSPS) is 18.0. The van der Waals surface area contributed by atoms with Crippen molar-refractivity contribution in [2.24, 2.45) is 0 Å². The van der Waals surface area contributed by atoms with Crippen LogP contribution >= 0.6 is 0 Å². The van der Waals surface area contributed by atoms with Gasteiger partial charge < -0.3 is 14.0 Å². The van der Waals surface area contributed by atoms with Crippen LogP contribution in [0.2, 0.25) is 0 Å². The average molecular weight is 355 g/mol. The van der Waals surface area contributed by atoms with E-state index in [0.717, 1.165) is 22.6 Å². The Morgan fingerprint density at radius 2 is 1.42 bits per heavy atom. The van der Waals surface area contributed by atoms with Gasteiger partial charge in [0.1, 0.15) is 11.4 Å². The van der Waals surface area contributed by atoms with Crippen molar-refractivity contribution < 1.29 is 18.9 Å². The maximum absolute atomic E-state index is 6.11. The van der Waals surface area contributed by atoms with Gasteiger partial charge in [-0.1, -0.05) is 24.3 Å². The Kier molecular flexibility index (Phi) is 5.02. The molecule has 0 unspecified atom stereocenters. The van der Waals surface area contributed by atoms with Gasteiger partial charge >= 0.3 is 7.12 Å². The number of methoxy groups -OCH3 is 1. The van der Waals surface area contributed by atoms with Crippen molar-refractivity contribution in [1.82, 2.24) is 0 Å². The first-order valence-electron chi connectivity index (χ1n) is 8.72. The summed E-state index contributed by atoms with van der Waals surface area (Å²) in [5.41, 5.74) is 1.99. The zero-order valence-electron chi connectivity index (χ0n) is 16.3. The zero-order chi connectivity index (χ0) is 18.9. The number of hydrogen-bond acceptors (Lipinski definition) is 5. The van der Waals surface area contributed by atoms with Gasteiger partial charge in [-0.15, -0.1) is 0 Å². The molecule has 0 amide bonds. The van der Waals surface area contributed by atoms with Crippen LogP contribution in [0.3, 0.4) is 0 Å². The van der Waals surface area contributed by atoms with E-state index < -0.39 is 0 Å². The number of para-hydroxylation sites is 2. The predicted molar refractivity (Wildman–Crippen MR) is 104 cm³/mol. The maximum atomic E-state index is 6.11. The van der Waals surface area contributed by atoms with E-state index in [4.69, 9.17) is 18.9 Å². The molecule has 1 fully saturated rings. The Hall–Kier alpha value is -2.02.